The minimum atomic E-state index is -3.80. The normalized spacial score (nSPS) is 15.9. The highest BCUT2D eigenvalue weighted by Gasteiger charge is 2.29. The molecule has 2 aliphatic carbocycles. The van der Waals surface area contributed by atoms with E-state index in [1.165, 1.54) is 41.7 Å². The molecule has 40 heavy (non-hydrogen) atoms. The van der Waals surface area contributed by atoms with Crippen LogP contribution >= 0.6 is 11.3 Å². The quantitative estimate of drug-likeness (QED) is 0.264. The Labute approximate surface area is 236 Å². The van der Waals surface area contributed by atoms with Crippen LogP contribution in [0.3, 0.4) is 0 Å². The van der Waals surface area contributed by atoms with E-state index < -0.39 is 16.0 Å². The molecule has 0 aliphatic heterocycles. The number of ether oxygens (including phenoxy) is 1. The standard InChI is InChI=1S/C29H30N4O5S2/c30-40(36,37)23-12-10-18(11-13-23)14-24-26(15-19-8-9-19)33(29-31-25(17-39-29)28(34)35)32-27(24)20-4-3-7-22(16-20)38-21-5-1-2-6-21/h3-4,7,10-13,16-17,19,21H,1-2,5-6,8-9,14-15H2,(H,34,35)(H2,30,36,37). The second kappa shape index (κ2) is 10.8. The first-order chi connectivity index (χ1) is 19.2. The van der Waals surface area contributed by atoms with Crippen LogP contribution < -0.4 is 9.88 Å². The van der Waals surface area contributed by atoms with Gasteiger partial charge in [-0.2, -0.15) is 5.10 Å². The van der Waals surface area contributed by atoms with Gasteiger partial charge >= 0.3 is 5.97 Å². The Morgan fingerprint density at radius 1 is 1.10 bits per heavy atom. The van der Waals surface area contributed by atoms with Gasteiger partial charge in [0.25, 0.3) is 0 Å². The van der Waals surface area contributed by atoms with E-state index in [1.54, 1.807) is 16.8 Å². The maximum atomic E-state index is 11.8. The maximum absolute atomic E-state index is 11.8. The third kappa shape index (κ3) is 5.81. The fourth-order valence-corrected chi connectivity index (χ4v) is 6.53. The van der Waals surface area contributed by atoms with Crippen LogP contribution in [0.2, 0.25) is 0 Å². The summed E-state index contributed by atoms with van der Waals surface area (Å²) >= 11 is 1.25. The van der Waals surface area contributed by atoms with Gasteiger partial charge in [-0.1, -0.05) is 24.3 Å². The van der Waals surface area contributed by atoms with Crippen molar-refractivity contribution in [2.75, 3.05) is 0 Å². The van der Waals surface area contributed by atoms with Gasteiger partial charge in [0.15, 0.2) is 5.69 Å². The predicted octanol–water partition coefficient (Wildman–Crippen LogP) is 5.21. The zero-order valence-electron chi connectivity index (χ0n) is 21.8. The number of benzene rings is 2. The molecule has 3 N–H and O–H groups in total. The summed E-state index contributed by atoms with van der Waals surface area (Å²) in [6, 6.07) is 14.5. The number of sulfonamides is 1. The van der Waals surface area contributed by atoms with Crippen LogP contribution in [0.4, 0.5) is 0 Å². The Hall–Kier alpha value is -3.54. The summed E-state index contributed by atoms with van der Waals surface area (Å²) in [7, 11) is -3.80. The minimum Gasteiger partial charge on any atom is -0.490 e. The van der Waals surface area contributed by atoms with Crippen molar-refractivity contribution in [1.82, 2.24) is 14.8 Å². The second-order valence-corrected chi connectivity index (χ2v) is 13.0. The summed E-state index contributed by atoms with van der Waals surface area (Å²) < 4.78 is 31.7. The molecule has 0 saturated heterocycles. The first kappa shape index (κ1) is 26.7. The highest BCUT2D eigenvalue weighted by atomic mass is 32.2. The van der Waals surface area contributed by atoms with Gasteiger partial charge < -0.3 is 9.84 Å². The van der Waals surface area contributed by atoms with E-state index >= 15 is 0 Å². The van der Waals surface area contributed by atoms with E-state index in [0.717, 1.165) is 65.9 Å². The van der Waals surface area contributed by atoms with E-state index in [-0.39, 0.29) is 16.7 Å². The molecule has 0 spiro atoms. The number of primary sulfonamides is 1. The van der Waals surface area contributed by atoms with Crippen molar-refractivity contribution in [3.63, 3.8) is 0 Å². The second-order valence-electron chi connectivity index (χ2n) is 10.6. The lowest BCUT2D eigenvalue weighted by Gasteiger charge is -2.14. The Balaban J connectivity index is 1.45. The van der Waals surface area contributed by atoms with Crippen molar-refractivity contribution < 1.29 is 23.1 Å². The van der Waals surface area contributed by atoms with Gasteiger partial charge in [0.1, 0.15) is 5.75 Å². The van der Waals surface area contributed by atoms with Gasteiger partial charge in [0, 0.05) is 22.9 Å². The molecule has 0 atom stereocenters. The van der Waals surface area contributed by atoms with Gasteiger partial charge in [-0.15, -0.1) is 11.3 Å². The third-order valence-corrected chi connectivity index (χ3v) is 9.25. The Kier molecular flexibility index (Phi) is 7.20. The van der Waals surface area contributed by atoms with Crippen LogP contribution in [0.25, 0.3) is 16.4 Å². The van der Waals surface area contributed by atoms with Crippen LogP contribution in [-0.4, -0.2) is 40.4 Å². The maximum Gasteiger partial charge on any atom is 0.355 e. The average molecular weight is 579 g/mol. The lowest BCUT2D eigenvalue weighted by Crippen LogP contribution is -2.12. The smallest absolute Gasteiger partial charge is 0.355 e. The lowest BCUT2D eigenvalue weighted by molar-refractivity contribution is 0.0691. The largest absolute Gasteiger partial charge is 0.490 e. The Bertz CT molecular complexity index is 1650. The molecule has 11 heteroatoms. The molecular formula is C29H30N4O5S2. The minimum absolute atomic E-state index is 0.0125. The number of nitrogens with two attached hydrogens (primary N) is 1. The molecule has 2 aromatic heterocycles. The molecule has 6 rings (SSSR count). The van der Waals surface area contributed by atoms with Crippen molar-refractivity contribution in [2.45, 2.75) is 62.4 Å². The molecule has 2 aromatic carbocycles. The number of carbonyl (C=O) groups is 1. The summed E-state index contributed by atoms with van der Waals surface area (Å²) in [5.74, 6) is 0.252. The fourth-order valence-electron chi connectivity index (χ4n) is 5.24. The van der Waals surface area contributed by atoms with E-state index in [0.29, 0.717) is 17.5 Å². The first-order valence-corrected chi connectivity index (χ1v) is 15.9. The van der Waals surface area contributed by atoms with Crippen LogP contribution in [0.5, 0.6) is 5.75 Å². The molecule has 0 unspecified atom stereocenters. The van der Waals surface area contributed by atoms with Crippen molar-refractivity contribution in [1.29, 1.82) is 0 Å². The number of hydrogen-bond acceptors (Lipinski definition) is 7. The number of nitrogens with zero attached hydrogens (tertiary/aromatic N) is 3. The molecule has 2 aliphatic rings. The molecule has 2 fully saturated rings. The number of aromatic carboxylic acids is 1. The first-order valence-electron chi connectivity index (χ1n) is 13.4. The average Bonchev–Trinajstić information content (AvgIpc) is 3.28. The molecule has 9 nitrogen and oxygen atoms in total. The SMILES string of the molecule is NS(=O)(=O)c1ccc(Cc2c(-c3cccc(OC4CCCC4)c3)nn(-c3nc(C(=O)O)cs3)c2CC2CC2)cc1. The molecule has 2 heterocycles. The summed E-state index contributed by atoms with van der Waals surface area (Å²) in [6.07, 6.45) is 8.25. The predicted molar refractivity (Wildman–Crippen MR) is 152 cm³/mol. The highest BCUT2D eigenvalue weighted by molar-refractivity contribution is 7.89. The summed E-state index contributed by atoms with van der Waals surface area (Å²) in [6.45, 7) is 0. The van der Waals surface area contributed by atoms with Crippen LogP contribution in [0.15, 0.2) is 58.8 Å². The zero-order valence-corrected chi connectivity index (χ0v) is 23.5. The van der Waals surface area contributed by atoms with Crippen molar-refractivity contribution in [3.05, 3.63) is 76.4 Å². The zero-order chi connectivity index (χ0) is 27.9. The lowest BCUT2D eigenvalue weighted by atomic mass is 9.97. The Morgan fingerprint density at radius 3 is 2.50 bits per heavy atom. The molecule has 4 aromatic rings. The Morgan fingerprint density at radius 2 is 1.85 bits per heavy atom. The van der Waals surface area contributed by atoms with Crippen molar-refractivity contribution in [3.8, 4) is 22.1 Å². The van der Waals surface area contributed by atoms with Crippen LogP contribution in [0, 0.1) is 5.92 Å². The number of thiazole rings is 1. The number of aromatic nitrogens is 3. The molecule has 0 radical (unpaired) electrons. The van der Waals surface area contributed by atoms with E-state index in [9.17, 15) is 18.3 Å². The molecule has 0 amide bonds. The van der Waals surface area contributed by atoms with E-state index in [4.69, 9.17) is 15.0 Å². The molecular weight excluding hydrogens is 548 g/mol. The monoisotopic (exact) mass is 578 g/mol. The van der Waals surface area contributed by atoms with Crippen molar-refractivity contribution in [2.24, 2.45) is 11.1 Å². The summed E-state index contributed by atoms with van der Waals surface area (Å²) in [5.41, 5.74) is 4.56. The number of carboxylic acid groups (broad SMARTS) is 1. The van der Waals surface area contributed by atoms with Gasteiger partial charge in [-0.3, -0.25) is 0 Å². The molecule has 0 bridgehead atoms. The summed E-state index contributed by atoms with van der Waals surface area (Å²) in [4.78, 5) is 16.0. The number of carboxylic acids is 1. The topological polar surface area (TPSA) is 137 Å². The third-order valence-electron chi connectivity index (χ3n) is 7.51. The van der Waals surface area contributed by atoms with Crippen LogP contribution in [-0.2, 0) is 22.9 Å². The molecule has 2 saturated carbocycles. The molecule has 208 valence electrons. The van der Waals surface area contributed by atoms with Crippen molar-refractivity contribution >= 4 is 27.3 Å². The van der Waals surface area contributed by atoms with E-state index in [2.05, 4.69) is 4.98 Å². The van der Waals surface area contributed by atoms with Gasteiger partial charge in [0.2, 0.25) is 15.2 Å². The number of rotatable bonds is 10. The van der Waals surface area contributed by atoms with E-state index in [1.807, 2.05) is 24.3 Å². The van der Waals surface area contributed by atoms with Gasteiger partial charge in [-0.05, 0) is 80.7 Å². The summed E-state index contributed by atoms with van der Waals surface area (Å²) in [5, 5.41) is 21.8. The van der Waals surface area contributed by atoms with Gasteiger partial charge in [-0.25, -0.2) is 28.0 Å². The fraction of sp³-hybridized carbons (Fsp3) is 0.345. The van der Waals surface area contributed by atoms with Gasteiger partial charge in [0.05, 0.1) is 22.4 Å². The number of hydrogen-bond donors (Lipinski definition) is 2. The van der Waals surface area contributed by atoms with Crippen LogP contribution in [0.1, 0.15) is 65.8 Å². The highest BCUT2D eigenvalue weighted by Crippen LogP contribution is 2.39.